The van der Waals surface area contributed by atoms with Crippen LogP contribution in [0.2, 0.25) is 5.02 Å². The van der Waals surface area contributed by atoms with Crippen LogP contribution in [0.3, 0.4) is 0 Å². The van der Waals surface area contributed by atoms with Crippen LogP contribution in [0.15, 0.2) is 42.5 Å². The lowest BCUT2D eigenvalue weighted by atomic mass is 10.1. The van der Waals surface area contributed by atoms with Crippen LogP contribution in [0.4, 0.5) is 10.1 Å². The van der Waals surface area contributed by atoms with Crippen molar-refractivity contribution in [3.05, 3.63) is 58.9 Å². The Labute approximate surface area is 166 Å². The molecule has 0 fully saturated rings. The first kappa shape index (κ1) is 21.4. The van der Waals surface area contributed by atoms with Crippen LogP contribution in [0.5, 0.6) is 5.75 Å². The number of amides is 1. The van der Waals surface area contributed by atoms with Gasteiger partial charge in [0.1, 0.15) is 11.6 Å². The van der Waals surface area contributed by atoms with Crippen LogP contribution in [-0.2, 0) is 14.3 Å². The molecule has 0 saturated carbocycles. The summed E-state index contributed by atoms with van der Waals surface area (Å²) < 4.78 is 23.1. The fraction of sp³-hybridized carbons (Fsp3) is 0.250. The number of ether oxygens (including phenoxy) is 2. The molecule has 0 saturated heterocycles. The van der Waals surface area contributed by atoms with Crippen LogP contribution >= 0.6 is 11.6 Å². The zero-order valence-corrected chi connectivity index (χ0v) is 16.1. The Morgan fingerprint density at radius 3 is 2.43 bits per heavy atom. The average molecular weight is 408 g/mol. The van der Waals surface area contributed by atoms with Crippen molar-refractivity contribution in [1.82, 2.24) is 0 Å². The van der Waals surface area contributed by atoms with Crippen molar-refractivity contribution < 1.29 is 28.2 Å². The van der Waals surface area contributed by atoms with Crippen LogP contribution in [0.25, 0.3) is 0 Å². The smallest absolute Gasteiger partial charge is 0.307 e. The second kappa shape index (κ2) is 9.85. The molecule has 0 bridgehead atoms. The summed E-state index contributed by atoms with van der Waals surface area (Å²) >= 11 is 5.91. The molecule has 6 nitrogen and oxygen atoms in total. The number of methoxy groups -OCH3 is 1. The zero-order valence-electron chi connectivity index (χ0n) is 15.3. The van der Waals surface area contributed by atoms with Gasteiger partial charge in [-0.25, -0.2) is 4.39 Å². The molecule has 0 aliphatic rings. The molecule has 0 aliphatic heterocycles. The summed E-state index contributed by atoms with van der Waals surface area (Å²) in [5.74, 6) is -1.64. The highest BCUT2D eigenvalue weighted by Crippen LogP contribution is 2.27. The summed E-state index contributed by atoms with van der Waals surface area (Å²) in [6.07, 6.45) is -1.40. The third kappa shape index (κ3) is 6.06. The van der Waals surface area contributed by atoms with Crippen molar-refractivity contribution in [2.45, 2.75) is 25.9 Å². The molecular weight excluding hydrogens is 389 g/mol. The van der Waals surface area contributed by atoms with E-state index in [9.17, 15) is 18.8 Å². The molecule has 0 heterocycles. The number of hydrogen-bond donors (Lipinski definition) is 1. The molecule has 0 aliphatic carbocycles. The number of ketones is 1. The van der Waals surface area contributed by atoms with Crippen molar-refractivity contribution in [2.24, 2.45) is 0 Å². The lowest BCUT2D eigenvalue weighted by molar-refractivity contribution is -0.153. The lowest BCUT2D eigenvalue weighted by Gasteiger charge is -2.15. The molecule has 2 rings (SSSR count). The first-order valence-electron chi connectivity index (χ1n) is 8.43. The van der Waals surface area contributed by atoms with Gasteiger partial charge in [0.25, 0.3) is 5.91 Å². The molecule has 0 spiro atoms. The summed E-state index contributed by atoms with van der Waals surface area (Å²) in [6, 6.07) is 9.74. The van der Waals surface area contributed by atoms with Crippen LogP contribution in [-0.4, -0.2) is 30.9 Å². The molecule has 2 aromatic carbocycles. The molecule has 2 aromatic rings. The number of rotatable bonds is 8. The quantitative estimate of drug-likeness (QED) is 0.528. The molecule has 0 radical (unpaired) electrons. The maximum atomic E-state index is 12.9. The number of nitrogens with one attached hydrogen (secondary N) is 1. The molecule has 28 heavy (non-hydrogen) atoms. The van der Waals surface area contributed by atoms with Crippen molar-refractivity contribution >= 4 is 34.9 Å². The lowest BCUT2D eigenvalue weighted by Crippen LogP contribution is -2.30. The Morgan fingerprint density at radius 2 is 1.79 bits per heavy atom. The van der Waals surface area contributed by atoms with Crippen LogP contribution in [0.1, 0.15) is 30.1 Å². The zero-order chi connectivity index (χ0) is 20.7. The number of anilines is 1. The van der Waals surface area contributed by atoms with E-state index in [-0.39, 0.29) is 18.6 Å². The van der Waals surface area contributed by atoms with E-state index < -0.39 is 23.8 Å². The highest BCUT2D eigenvalue weighted by Gasteiger charge is 2.20. The summed E-state index contributed by atoms with van der Waals surface area (Å²) in [5, 5.41) is 2.98. The largest absolute Gasteiger partial charge is 0.495 e. The maximum Gasteiger partial charge on any atom is 0.307 e. The number of halogens is 2. The Balaban J connectivity index is 1.86. The summed E-state index contributed by atoms with van der Waals surface area (Å²) in [7, 11) is 1.44. The first-order chi connectivity index (χ1) is 13.3. The predicted octanol–water partition coefficient (Wildman–Crippen LogP) is 4.02. The van der Waals surface area contributed by atoms with E-state index >= 15 is 0 Å². The van der Waals surface area contributed by atoms with Gasteiger partial charge in [0, 0.05) is 17.0 Å². The van der Waals surface area contributed by atoms with Gasteiger partial charge < -0.3 is 14.8 Å². The van der Waals surface area contributed by atoms with E-state index in [1.54, 1.807) is 12.1 Å². The number of benzene rings is 2. The van der Waals surface area contributed by atoms with Gasteiger partial charge >= 0.3 is 5.97 Å². The third-order valence-electron chi connectivity index (χ3n) is 3.82. The number of hydrogen-bond acceptors (Lipinski definition) is 5. The topological polar surface area (TPSA) is 81.7 Å². The second-order valence-corrected chi connectivity index (χ2v) is 6.33. The van der Waals surface area contributed by atoms with E-state index in [1.165, 1.54) is 44.4 Å². The van der Waals surface area contributed by atoms with Crippen LogP contribution < -0.4 is 10.1 Å². The van der Waals surface area contributed by atoms with Crippen LogP contribution in [0, 0.1) is 5.82 Å². The molecule has 1 amide bonds. The summed E-state index contributed by atoms with van der Waals surface area (Å²) in [4.78, 5) is 36.1. The molecule has 1 N–H and O–H groups in total. The van der Waals surface area contributed by atoms with Gasteiger partial charge in [-0.05, 0) is 49.4 Å². The fourth-order valence-electron chi connectivity index (χ4n) is 2.32. The first-order valence-corrected chi connectivity index (χ1v) is 8.80. The van der Waals surface area contributed by atoms with E-state index in [4.69, 9.17) is 21.1 Å². The van der Waals surface area contributed by atoms with Crippen molar-refractivity contribution in [3.8, 4) is 5.75 Å². The van der Waals surface area contributed by atoms with E-state index in [0.717, 1.165) is 0 Å². The van der Waals surface area contributed by atoms with E-state index in [1.807, 2.05) is 0 Å². The highest BCUT2D eigenvalue weighted by atomic mass is 35.5. The monoisotopic (exact) mass is 407 g/mol. The van der Waals surface area contributed by atoms with Gasteiger partial charge in [-0.2, -0.15) is 0 Å². The SMILES string of the molecule is COc1ccc(Cl)cc1NC(=O)[C@@H](C)OC(=O)CCC(=O)c1ccc(F)cc1. The molecule has 8 heteroatoms. The Hall–Kier alpha value is -2.93. The van der Waals surface area contributed by atoms with Crippen molar-refractivity contribution in [1.29, 1.82) is 0 Å². The minimum Gasteiger partial charge on any atom is -0.495 e. The Kier molecular flexibility index (Phi) is 7.52. The molecule has 0 aromatic heterocycles. The van der Waals surface area contributed by atoms with Gasteiger partial charge in [0.15, 0.2) is 11.9 Å². The highest BCUT2D eigenvalue weighted by molar-refractivity contribution is 6.31. The summed E-state index contributed by atoms with van der Waals surface area (Å²) in [6.45, 7) is 1.41. The van der Waals surface area contributed by atoms with E-state index in [0.29, 0.717) is 22.0 Å². The van der Waals surface area contributed by atoms with Gasteiger partial charge in [-0.3, -0.25) is 14.4 Å². The Morgan fingerprint density at radius 1 is 1.11 bits per heavy atom. The Bertz CT molecular complexity index is 869. The second-order valence-electron chi connectivity index (χ2n) is 5.90. The minimum absolute atomic E-state index is 0.110. The number of esters is 1. The van der Waals surface area contributed by atoms with Gasteiger partial charge in [0.05, 0.1) is 19.2 Å². The average Bonchev–Trinajstić information content (AvgIpc) is 2.66. The summed E-state index contributed by atoms with van der Waals surface area (Å²) in [5.41, 5.74) is 0.641. The van der Waals surface area contributed by atoms with Crippen molar-refractivity contribution in [3.63, 3.8) is 0 Å². The van der Waals surface area contributed by atoms with E-state index in [2.05, 4.69) is 5.32 Å². The van der Waals surface area contributed by atoms with Crippen molar-refractivity contribution in [2.75, 3.05) is 12.4 Å². The van der Waals surface area contributed by atoms with Gasteiger partial charge in [0.2, 0.25) is 0 Å². The van der Waals surface area contributed by atoms with Gasteiger partial charge in [-0.15, -0.1) is 0 Å². The predicted molar refractivity (Wildman–Crippen MR) is 102 cm³/mol. The molecule has 148 valence electrons. The maximum absolute atomic E-state index is 12.9. The molecular formula is C20H19ClFNO5. The molecule has 1 atom stereocenters. The normalized spacial score (nSPS) is 11.4. The third-order valence-corrected chi connectivity index (χ3v) is 4.05. The fourth-order valence-corrected chi connectivity index (χ4v) is 2.49. The number of carbonyl (C=O) groups is 3. The van der Waals surface area contributed by atoms with Gasteiger partial charge in [-0.1, -0.05) is 11.6 Å². The number of carbonyl (C=O) groups excluding carboxylic acids is 3. The molecule has 0 unspecified atom stereocenters. The standard InChI is InChI=1S/C20H19ClFNO5/c1-12(20(26)23-16-11-14(21)5-9-18(16)27-2)28-19(25)10-8-17(24)13-3-6-15(22)7-4-13/h3-7,9,11-12H,8,10H2,1-2H3,(H,23,26)/t12-/m1/s1. The minimum atomic E-state index is -1.09. The number of Topliss-reactive ketones (excluding diaryl/α,β-unsaturated/α-hetero) is 1.